The molecule has 0 amide bonds. The molecule has 4 heteroatoms. The van der Waals surface area contributed by atoms with Gasteiger partial charge in [0.2, 0.25) is 0 Å². The van der Waals surface area contributed by atoms with Gasteiger partial charge in [0.15, 0.2) is 0 Å². The molecule has 1 aliphatic rings. The van der Waals surface area contributed by atoms with Crippen molar-refractivity contribution < 1.29 is 9.53 Å². The minimum absolute atomic E-state index is 0.142. The van der Waals surface area contributed by atoms with Gasteiger partial charge in [0.25, 0.3) is 0 Å². The number of thioether (sulfide) groups is 1. The summed E-state index contributed by atoms with van der Waals surface area (Å²) in [5.41, 5.74) is 0. The van der Waals surface area contributed by atoms with Gasteiger partial charge in [-0.05, 0) is 24.5 Å². The fourth-order valence-corrected chi connectivity index (χ4v) is 2.96. The molecule has 1 unspecified atom stereocenters. The average molecular weight is 231 g/mol. The highest BCUT2D eigenvalue weighted by Crippen LogP contribution is 2.24. The van der Waals surface area contributed by atoms with Crippen LogP contribution in [0.1, 0.15) is 33.1 Å². The summed E-state index contributed by atoms with van der Waals surface area (Å²) in [4.78, 5) is 11.5. The Labute approximate surface area is 96.3 Å². The molecule has 1 aliphatic heterocycles. The van der Waals surface area contributed by atoms with Gasteiger partial charge < -0.3 is 4.74 Å². The Morgan fingerprint density at radius 1 is 1.47 bits per heavy atom. The molecule has 0 radical (unpaired) electrons. The topological polar surface area (TPSA) is 38.3 Å². The molecular weight excluding hydrogens is 210 g/mol. The molecule has 1 fully saturated rings. The van der Waals surface area contributed by atoms with Crippen molar-refractivity contribution in [2.75, 3.05) is 12.9 Å². The van der Waals surface area contributed by atoms with Crippen LogP contribution in [0.5, 0.6) is 0 Å². The van der Waals surface area contributed by atoms with Crippen molar-refractivity contribution in [3.8, 4) is 0 Å². The summed E-state index contributed by atoms with van der Waals surface area (Å²) in [5.74, 6) is 1.33. The van der Waals surface area contributed by atoms with E-state index in [2.05, 4.69) is 5.32 Å². The number of rotatable bonds is 4. The molecule has 1 N–H and O–H groups in total. The van der Waals surface area contributed by atoms with Crippen LogP contribution >= 0.6 is 11.8 Å². The first kappa shape index (κ1) is 12.8. The Bertz CT molecular complexity index is 203. The predicted octanol–water partition coefficient (Wildman–Crippen LogP) is 2.02. The van der Waals surface area contributed by atoms with Gasteiger partial charge in [0, 0.05) is 0 Å². The number of hydrogen-bond acceptors (Lipinski definition) is 4. The van der Waals surface area contributed by atoms with Crippen LogP contribution in [0.25, 0.3) is 0 Å². The molecule has 0 aromatic carbocycles. The molecule has 1 saturated heterocycles. The van der Waals surface area contributed by atoms with Crippen LogP contribution in [0.4, 0.5) is 0 Å². The summed E-state index contributed by atoms with van der Waals surface area (Å²) in [6, 6.07) is -0.161. The van der Waals surface area contributed by atoms with Crippen molar-refractivity contribution >= 4 is 17.7 Å². The van der Waals surface area contributed by atoms with E-state index in [1.807, 2.05) is 25.6 Å². The summed E-state index contributed by atoms with van der Waals surface area (Å²) < 4.78 is 4.80. The van der Waals surface area contributed by atoms with Gasteiger partial charge in [-0.1, -0.05) is 20.3 Å². The Kier molecular flexibility index (Phi) is 5.47. The van der Waals surface area contributed by atoms with Crippen molar-refractivity contribution in [2.24, 2.45) is 5.92 Å². The molecule has 1 rings (SSSR count). The number of esters is 1. The first-order valence-electron chi connectivity index (χ1n) is 5.60. The van der Waals surface area contributed by atoms with E-state index in [0.717, 1.165) is 6.42 Å². The minimum atomic E-state index is -0.161. The van der Waals surface area contributed by atoms with Gasteiger partial charge in [0.05, 0.1) is 12.5 Å². The fourth-order valence-electron chi connectivity index (χ4n) is 1.73. The lowest BCUT2D eigenvalue weighted by molar-refractivity contribution is -0.144. The molecule has 0 aromatic heterocycles. The molecule has 1 heterocycles. The molecule has 0 aliphatic carbocycles. The Balaban J connectivity index is 2.46. The lowest BCUT2D eigenvalue weighted by Crippen LogP contribution is -2.46. The Morgan fingerprint density at radius 3 is 2.67 bits per heavy atom. The summed E-state index contributed by atoms with van der Waals surface area (Å²) in [6.07, 6.45) is 3.72. The van der Waals surface area contributed by atoms with Gasteiger partial charge in [-0.2, -0.15) is 0 Å². The zero-order valence-corrected chi connectivity index (χ0v) is 10.6. The maximum atomic E-state index is 11.5. The minimum Gasteiger partial charge on any atom is -0.468 e. The number of carbonyl (C=O) groups excluding carboxylic acids is 1. The van der Waals surface area contributed by atoms with E-state index in [1.165, 1.54) is 25.7 Å². The van der Waals surface area contributed by atoms with Crippen molar-refractivity contribution in [2.45, 2.75) is 44.5 Å². The van der Waals surface area contributed by atoms with Crippen LogP contribution in [-0.2, 0) is 9.53 Å². The second-order valence-corrected chi connectivity index (χ2v) is 5.58. The SMILES string of the molecule is COC(=O)C(N[C@@H]1CCCCS1)C(C)C. The monoisotopic (exact) mass is 231 g/mol. The van der Waals surface area contributed by atoms with Crippen LogP contribution in [-0.4, -0.2) is 30.2 Å². The molecular formula is C11H21NO2S. The van der Waals surface area contributed by atoms with E-state index >= 15 is 0 Å². The van der Waals surface area contributed by atoms with E-state index < -0.39 is 0 Å². The number of ether oxygens (including phenoxy) is 1. The second-order valence-electron chi connectivity index (χ2n) is 4.27. The fraction of sp³-hybridized carbons (Fsp3) is 0.909. The number of carbonyl (C=O) groups is 1. The molecule has 2 atom stereocenters. The van der Waals surface area contributed by atoms with E-state index in [0.29, 0.717) is 5.37 Å². The normalized spacial score (nSPS) is 23.9. The highest BCUT2D eigenvalue weighted by atomic mass is 32.2. The molecule has 0 spiro atoms. The van der Waals surface area contributed by atoms with Gasteiger partial charge in [-0.25, -0.2) is 0 Å². The van der Waals surface area contributed by atoms with Crippen molar-refractivity contribution in [3.05, 3.63) is 0 Å². The van der Waals surface area contributed by atoms with Crippen molar-refractivity contribution in [1.82, 2.24) is 5.32 Å². The van der Waals surface area contributed by atoms with Crippen LogP contribution in [0, 0.1) is 5.92 Å². The molecule has 0 aromatic rings. The quantitative estimate of drug-likeness (QED) is 0.751. The highest BCUT2D eigenvalue weighted by Gasteiger charge is 2.26. The number of hydrogen-bond donors (Lipinski definition) is 1. The maximum absolute atomic E-state index is 11.5. The maximum Gasteiger partial charge on any atom is 0.323 e. The molecule has 15 heavy (non-hydrogen) atoms. The van der Waals surface area contributed by atoms with Crippen LogP contribution in [0.15, 0.2) is 0 Å². The molecule has 0 bridgehead atoms. The summed E-state index contributed by atoms with van der Waals surface area (Å²) in [7, 11) is 1.45. The van der Waals surface area contributed by atoms with Crippen LogP contribution in [0.3, 0.4) is 0 Å². The average Bonchev–Trinajstić information content (AvgIpc) is 2.26. The predicted molar refractivity (Wildman–Crippen MR) is 63.9 cm³/mol. The summed E-state index contributed by atoms with van der Waals surface area (Å²) in [6.45, 7) is 4.09. The smallest absolute Gasteiger partial charge is 0.323 e. The van der Waals surface area contributed by atoms with E-state index in [4.69, 9.17) is 4.74 Å². The zero-order chi connectivity index (χ0) is 11.3. The first-order valence-corrected chi connectivity index (χ1v) is 6.65. The zero-order valence-electron chi connectivity index (χ0n) is 9.79. The number of nitrogens with one attached hydrogen (secondary N) is 1. The standard InChI is InChI=1S/C11H21NO2S/c1-8(2)10(11(13)14-3)12-9-6-4-5-7-15-9/h8-10,12H,4-7H2,1-3H3/t9-,10?/m0/s1. The highest BCUT2D eigenvalue weighted by molar-refractivity contribution is 7.99. The van der Waals surface area contributed by atoms with Crippen molar-refractivity contribution in [1.29, 1.82) is 0 Å². The Morgan fingerprint density at radius 2 is 2.20 bits per heavy atom. The van der Waals surface area contributed by atoms with Gasteiger partial charge >= 0.3 is 5.97 Å². The first-order chi connectivity index (χ1) is 7.15. The number of methoxy groups -OCH3 is 1. The lowest BCUT2D eigenvalue weighted by atomic mass is 10.0. The summed E-state index contributed by atoms with van der Waals surface area (Å²) in [5, 5.41) is 3.82. The molecule has 0 saturated carbocycles. The largest absolute Gasteiger partial charge is 0.468 e. The third-order valence-electron chi connectivity index (χ3n) is 2.67. The Hall–Kier alpha value is -0.220. The third kappa shape index (κ3) is 4.03. The van der Waals surface area contributed by atoms with Crippen LogP contribution in [0.2, 0.25) is 0 Å². The summed E-state index contributed by atoms with van der Waals surface area (Å²) >= 11 is 1.92. The third-order valence-corrected chi connectivity index (χ3v) is 3.97. The lowest BCUT2D eigenvalue weighted by Gasteiger charge is -2.28. The van der Waals surface area contributed by atoms with Crippen molar-refractivity contribution in [3.63, 3.8) is 0 Å². The van der Waals surface area contributed by atoms with Gasteiger partial charge in [-0.15, -0.1) is 11.8 Å². The second kappa shape index (κ2) is 6.38. The van der Waals surface area contributed by atoms with Gasteiger partial charge in [-0.3, -0.25) is 10.1 Å². The molecule has 88 valence electrons. The van der Waals surface area contributed by atoms with E-state index in [-0.39, 0.29) is 17.9 Å². The molecule has 3 nitrogen and oxygen atoms in total. The van der Waals surface area contributed by atoms with E-state index in [9.17, 15) is 4.79 Å². The van der Waals surface area contributed by atoms with Gasteiger partial charge in [0.1, 0.15) is 6.04 Å². The van der Waals surface area contributed by atoms with Crippen LogP contribution < -0.4 is 5.32 Å². The van der Waals surface area contributed by atoms with E-state index in [1.54, 1.807) is 0 Å².